The summed E-state index contributed by atoms with van der Waals surface area (Å²) < 4.78 is 0. The highest BCUT2D eigenvalue weighted by atomic mass is 16.3. The van der Waals surface area contributed by atoms with Gasteiger partial charge in [0.25, 0.3) is 0 Å². The van der Waals surface area contributed by atoms with Crippen molar-refractivity contribution in [3.8, 4) is 0 Å². The van der Waals surface area contributed by atoms with E-state index in [1.54, 1.807) is 6.92 Å². The van der Waals surface area contributed by atoms with E-state index in [2.05, 4.69) is 6.92 Å². The van der Waals surface area contributed by atoms with E-state index < -0.39 is 6.10 Å². The highest BCUT2D eigenvalue weighted by Crippen LogP contribution is 2.01. The summed E-state index contributed by atoms with van der Waals surface area (Å²) in [6.45, 7) is 3.95. The molecule has 3 nitrogen and oxygen atoms in total. The minimum atomic E-state index is -0.489. The van der Waals surface area contributed by atoms with Crippen molar-refractivity contribution in [2.45, 2.75) is 45.6 Å². The van der Waals surface area contributed by atoms with Crippen molar-refractivity contribution in [1.29, 1.82) is 0 Å². The molecule has 0 fully saturated rings. The van der Waals surface area contributed by atoms with Gasteiger partial charge in [-0.3, -0.25) is 0 Å². The monoisotopic (exact) mass is 178 g/mol. The molecule has 0 aromatic carbocycles. The molecule has 3 heteroatoms. The van der Waals surface area contributed by atoms with E-state index in [0.29, 0.717) is 0 Å². The van der Waals surface area contributed by atoms with Crippen LogP contribution in [0, 0.1) is 0 Å². The van der Waals surface area contributed by atoms with Crippen LogP contribution in [0.3, 0.4) is 0 Å². The van der Waals surface area contributed by atoms with Crippen molar-refractivity contribution < 1.29 is 15.3 Å². The summed E-state index contributed by atoms with van der Waals surface area (Å²) >= 11 is 0. The van der Waals surface area contributed by atoms with Crippen LogP contribution in [0.15, 0.2) is 0 Å². The number of rotatable bonds is 5. The predicted octanol–water partition coefficient (Wildman–Crippen LogP) is 0.918. The molecule has 0 bridgehead atoms. The SMILES string of the molecule is CCCCCC(O)CO.CCO. The molecule has 0 aromatic heterocycles. The van der Waals surface area contributed by atoms with E-state index >= 15 is 0 Å². The van der Waals surface area contributed by atoms with Gasteiger partial charge in [-0.05, 0) is 13.3 Å². The molecule has 76 valence electrons. The Morgan fingerprint density at radius 2 is 1.58 bits per heavy atom. The van der Waals surface area contributed by atoms with Crippen LogP contribution in [0.1, 0.15) is 39.5 Å². The van der Waals surface area contributed by atoms with Crippen LogP contribution in [-0.2, 0) is 0 Å². The van der Waals surface area contributed by atoms with Crippen LogP contribution < -0.4 is 0 Å². The Balaban J connectivity index is 0. The van der Waals surface area contributed by atoms with E-state index in [1.165, 1.54) is 0 Å². The molecule has 0 spiro atoms. The van der Waals surface area contributed by atoms with Crippen molar-refractivity contribution >= 4 is 0 Å². The van der Waals surface area contributed by atoms with Gasteiger partial charge in [0.1, 0.15) is 0 Å². The third-order valence-corrected chi connectivity index (χ3v) is 1.35. The lowest BCUT2D eigenvalue weighted by molar-refractivity contribution is 0.0861. The van der Waals surface area contributed by atoms with Gasteiger partial charge in [0.2, 0.25) is 0 Å². The minimum absolute atomic E-state index is 0.0935. The third kappa shape index (κ3) is 16.5. The maximum Gasteiger partial charge on any atom is 0.0770 e. The van der Waals surface area contributed by atoms with Gasteiger partial charge in [0, 0.05) is 6.61 Å². The first-order chi connectivity index (χ1) is 5.72. The number of hydrogen-bond acceptors (Lipinski definition) is 3. The topological polar surface area (TPSA) is 60.7 Å². The second-order valence-corrected chi connectivity index (χ2v) is 2.65. The zero-order chi connectivity index (χ0) is 9.82. The largest absolute Gasteiger partial charge is 0.397 e. The Kier molecular flexibility index (Phi) is 16.2. The molecule has 0 aliphatic carbocycles. The summed E-state index contributed by atoms with van der Waals surface area (Å²) in [6, 6.07) is 0. The zero-order valence-corrected chi connectivity index (χ0v) is 8.16. The highest BCUT2D eigenvalue weighted by Gasteiger charge is 1.98. The lowest BCUT2D eigenvalue weighted by atomic mass is 10.1. The van der Waals surface area contributed by atoms with Gasteiger partial charge in [0.05, 0.1) is 12.7 Å². The molecule has 0 rings (SSSR count). The lowest BCUT2D eigenvalue weighted by Crippen LogP contribution is -2.10. The Bertz CT molecular complexity index is 66.8. The molecule has 0 saturated carbocycles. The van der Waals surface area contributed by atoms with Gasteiger partial charge < -0.3 is 15.3 Å². The fourth-order valence-corrected chi connectivity index (χ4v) is 0.721. The van der Waals surface area contributed by atoms with Crippen LogP contribution >= 0.6 is 0 Å². The minimum Gasteiger partial charge on any atom is -0.397 e. The Hall–Kier alpha value is -0.120. The van der Waals surface area contributed by atoms with E-state index in [-0.39, 0.29) is 13.2 Å². The van der Waals surface area contributed by atoms with E-state index in [4.69, 9.17) is 15.3 Å². The van der Waals surface area contributed by atoms with Gasteiger partial charge in [-0.25, -0.2) is 0 Å². The highest BCUT2D eigenvalue weighted by molar-refractivity contribution is 4.51. The van der Waals surface area contributed by atoms with Crippen molar-refractivity contribution in [3.05, 3.63) is 0 Å². The fraction of sp³-hybridized carbons (Fsp3) is 1.00. The van der Waals surface area contributed by atoms with E-state index in [9.17, 15) is 0 Å². The lowest BCUT2D eigenvalue weighted by Gasteiger charge is -2.04. The van der Waals surface area contributed by atoms with Crippen molar-refractivity contribution in [1.82, 2.24) is 0 Å². The van der Waals surface area contributed by atoms with Gasteiger partial charge in [0.15, 0.2) is 0 Å². The Labute approximate surface area is 75.0 Å². The molecule has 0 aliphatic heterocycles. The van der Waals surface area contributed by atoms with Crippen molar-refractivity contribution in [2.24, 2.45) is 0 Å². The molecular formula is C9H22O3. The third-order valence-electron chi connectivity index (χ3n) is 1.35. The summed E-state index contributed by atoms with van der Waals surface area (Å²) in [4.78, 5) is 0. The summed E-state index contributed by atoms with van der Waals surface area (Å²) in [5.74, 6) is 0. The summed E-state index contributed by atoms with van der Waals surface area (Å²) in [5.41, 5.74) is 0. The Morgan fingerprint density at radius 1 is 1.08 bits per heavy atom. The number of unbranched alkanes of at least 4 members (excludes halogenated alkanes) is 2. The van der Waals surface area contributed by atoms with Crippen LogP contribution in [0.5, 0.6) is 0 Å². The molecule has 1 atom stereocenters. The van der Waals surface area contributed by atoms with Crippen molar-refractivity contribution in [3.63, 3.8) is 0 Å². The molecule has 0 radical (unpaired) electrons. The summed E-state index contributed by atoms with van der Waals surface area (Å²) in [5, 5.41) is 24.8. The smallest absolute Gasteiger partial charge is 0.0770 e. The van der Waals surface area contributed by atoms with Gasteiger partial charge in [-0.2, -0.15) is 0 Å². The second-order valence-electron chi connectivity index (χ2n) is 2.65. The maximum atomic E-state index is 8.83. The molecule has 0 amide bonds. The summed E-state index contributed by atoms with van der Waals surface area (Å²) in [6.07, 6.45) is 3.59. The van der Waals surface area contributed by atoms with Crippen molar-refractivity contribution in [2.75, 3.05) is 13.2 Å². The zero-order valence-electron chi connectivity index (χ0n) is 8.16. The number of hydrogen-bond donors (Lipinski definition) is 3. The number of aliphatic hydroxyl groups excluding tert-OH is 3. The first-order valence-electron chi connectivity index (χ1n) is 4.62. The fourth-order valence-electron chi connectivity index (χ4n) is 0.721. The van der Waals surface area contributed by atoms with Gasteiger partial charge in [-0.15, -0.1) is 0 Å². The molecule has 1 unspecified atom stereocenters. The first-order valence-corrected chi connectivity index (χ1v) is 4.62. The average Bonchev–Trinajstić information content (AvgIpc) is 2.06. The van der Waals surface area contributed by atoms with E-state index in [0.717, 1.165) is 25.7 Å². The predicted molar refractivity (Wildman–Crippen MR) is 50.0 cm³/mol. The number of aliphatic hydroxyl groups is 3. The molecule has 0 aromatic rings. The quantitative estimate of drug-likeness (QED) is 0.549. The van der Waals surface area contributed by atoms with Crippen LogP contribution in [0.4, 0.5) is 0 Å². The molecule has 3 N–H and O–H groups in total. The van der Waals surface area contributed by atoms with Crippen LogP contribution in [0.2, 0.25) is 0 Å². The Morgan fingerprint density at radius 3 is 1.92 bits per heavy atom. The average molecular weight is 178 g/mol. The maximum absolute atomic E-state index is 8.83. The van der Waals surface area contributed by atoms with E-state index in [1.807, 2.05) is 0 Å². The molecule has 0 heterocycles. The molecular weight excluding hydrogens is 156 g/mol. The van der Waals surface area contributed by atoms with Gasteiger partial charge >= 0.3 is 0 Å². The van der Waals surface area contributed by atoms with Gasteiger partial charge in [-0.1, -0.05) is 26.2 Å². The normalized spacial score (nSPS) is 11.8. The molecule has 12 heavy (non-hydrogen) atoms. The first kappa shape index (κ1) is 14.4. The summed E-state index contributed by atoms with van der Waals surface area (Å²) in [7, 11) is 0. The van der Waals surface area contributed by atoms with Crippen LogP contribution in [-0.4, -0.2) is 34.6 Å². The molecule has 0 saturated heterocycles. The molecule has 0 aliphatic rings. The standard InChI is InChI=1S/C7H16O2.C2H6O/c1-2-3-4-5-7(9)6-8;1-2-3/h7-9H,2-6H2,1H3;3H,2H2,1H3. The van der Waals surface area contributed by atoms with Crippen LogP contribution in [0.25, 0.3) is 0 Å². The second kappa shape index (κ2) is 13.5.